The fourth-order valence-corrected chi connectivity index (χ4v) is 3.32. The lowest BCUT2D eigenvalue weighted by Crippen LogP contribution is -2.12. The van der Waals surface area contributed by atoms with Crippen LogP contribution in [0.4, 0.5) is 5.13 Å². The number of aromatic nitrogens is 3. The molecule has 4 rings (SSSR count). The number of nitrogens with one attached hydrogen (secondary N) is 1. The molecule has 2 aromatic heterocycles. The van der Waals surface area contributed by atoms with E-state index in [1.54, 1.807) is 10.9 Å². The predicted octanol–water partition coefficient (Wildman–Crippen LogP) is 4.56. The van der Waals surface area contributed by atoms with Crippen LogP contribution < -0.4 is 5.32 Å². The van der Waals surface area contributed by atoms with E-state index in [2.05, 4.69) is 15.4 Å². The lowest BCUT2D eigenvalue weighted by molar-refractivity contribution is 0.102. The molecular formula is C20H16N4OS. The van der Waals surface area contributed by atoms with Crippen molar-refractivity contribution in [3.8, 4) is 16.9 Å². The Labute approximate surface area is 155 Å². The van der Waals surface area contributed by atoms with Crippen LogP contribution in [0.25, 0.3) is 16.9 Å². The number of hydrogen-bond acceptors (Lipinski definition) is 4. The smallest absolute Gasteiger partial charge is 0.261 e. The van der Waals surface area contributed by atoms with Gasteiger partial charge >= 0.3 is 0 Å². The molecule has 5 nitrogen and oxygen atoms in total. The summed E-state index contributed by atoms with van der Waals surface area (Å²) >= 11 is 1.41. The number of hydrogen-bond donors (Lipinski definition) is 1. The van der Waals surface area contributed by atoms with Crippen molar-refractivity contribution in [1.82, 2.24) is 14.8 Å². The standard InChI is InChI=1S/C20H16N4OS/c1-14-13-26-20(21-14)22-19(25)17-12-24(16-10-6-3-7-11-16)23-18(17)15-8-4-2-5-9-15/h2-13H,1H3,(H,21,22,25). The molecule has 26 heavy (non-hydrogen) atoms. The van der Waals surface area contributed by atoms with E-state index in [9.17, 15) is 4.79 Å². The number of thiazole rings is 1. The van der Waals surface area contributed by atoms with Gasteiger partial charge in [0.2, 0.25) is 0 Å². The van der Waals surface area contributed by atoms with Gasteiger partial charge in [-0.15, -0.1) is 11.3 Å². The number of rotatable bonds is 4. The maximum Gasteiger partial charge on any atom is 0.261 e. The van der Waals surface area contributed by atoms with Gasteiger partial charge in [0.25, 0.3) is 5.91 Å². The van der Waals surface area contributed by atoms with Gasteiger partial charge in [0, 0.05) is 17.1 Å². The summed E-state index contributed by atoms with van der Waals surface area (Å²) in [7, 11) is 0. The molecule has 0 unspecified atom stereocenters. The molecular weight excluding hydrogens is 344 g/mol. The van der Waals surface area contributed by atoms with E-state index >= 15 is 0 Å². The Bertz CT molecular complexity index is 1040. The van der Waals surface area contributed by atoms with Crippen LogP contribution in [0.2, 0.25) is 0 Å². The summed E-state index contributed by atoms with van der Waals surface area (Å²) in [5, 5.41) is 10.0. The van der Waals surface area contributed by atoms with E-state index in [1.165, 1.54) is 11.3 Å². The van der Waals surface area contributed by atoms with Crippen molar-refractivity contribution >= 4 is 22.4 Å². The van der Waals surface area contributed by atoms with Gasteiger partial charge in [-0.2, -0.15) is 5.10 Å². The van der Waals surface area contributed by atoms with Gasteiger partial charge in [-0.05, 0) is 19.1 Å². The average molecular weight is 360 g/mol. The Morgan fingerprint density at radius 3 is 2.38 bits per heavy atom. The molecule has 6 heteroatoms. The minimum absolute atomic E-state index is 0.222. The number of aryl methyl sites for hydroxylation is 1. The number of amides is 1. The van der Waals surface area contributed by atoms with Crippen LogP contribution >= 0.6 is 11.3 Å². The highest BCUT2D eigenvalue weighted by atomic mass is 32.1. The van der Waals surface area contributed by atoms with Gasteiger partial charge in [-0.25, -0.2) is 9.67 Å². The van der Waals surface area contributed by atoms with Gasteiger partial charge in [-0.1, -0.05) is 48.5 Å². The average Bonchev–Trinajstić information content (AvgIpc) is 3.30. The van der Waals surface area contributed by atoms with Crippen molar-refractivity contribution in [2.45, 2.75) is 6.92 Å². The molecule has 1 amide bonds. The van der Waals surface area contributed by atoms with Crippen LogP contribution in [0.15, 0.2) is 72.2 Å². The molecule has 0 fully saturated rings. The highest BCUT2D eigenvalue weighted by Crippen LogP contribution is 2.25. The van der Waals surface area contributed by atoms with Crippen LogP contribution in [0.1, 0.15) is 16.1 Å². The fourth-order valence-electron chi connectivity index (χ4n) is 2.64. The first-order valence-corrected chi connectivity index (χ1v) is 9.02. The van der Waals surface area contributed by atoms with E-state index < -0.39 is 0 Å². The molecule has 0 spiro atoms. The maximum atomic E-state index is 12.9. The molecule has 128 valence electrons. The predicted molar refractivity (Wildman–Crippen MR) is 104 cm³/mol. The topological polar surface area (TPSA) is 59.8 Å². The Balaban J connectivity index is 1.76. The van der Waals surface area contributed by atoms with E-state index in [1.807, 2.05) is 73.0 Å². The molecule has 0 saturated carbocycles. The molecule has 2 heterocycles. The van der Waals surface area contributed by atoms with Gasteiger partial charge in [-0.3, -0.25) is 10.1 Å². The molecule has 0 saturated heterocycles. The summed E-state index contributed by atoms with van der Waals surface area (Å²) in [6.07, 6.45) is 1.76. The largest absolute Gasteiger partial charge is 0.298 e. The summed E-state index contributed by atoms with van der Waals surface area (Å²) in [6.45, 7) is 1.90. The third kappa shape index (κ3) is 3.27. The lowest BCUT2D eigenvalue weighted by Gasteiger charge is -2.02. The zero-order valence-corrected chi connectivity index (χ0v) is 14.9. The second kappa shape index (κ2) is 6.93. The number of para-hydroxylation sites is 1. The number of carbonyl (C=O) groups excluding carboxylic acids is 1. The molecule has 0 aliphatic rings. The zero-order chi connectivity index (χ0) is 17.9. The molecule has 4 aromatic rings. The normalized spacial score (nSPS) is 10.7. The fraction of sp³-hybridized carbons (Fsp3) is 0.0500. The van der Waals surface area contributed by atoms with Crippen LogP contribution in [0.3, 0.4) is 0 Å². The number of anilines is 1. The SMILES string of the molecule is Cc1csc(NC(=O)c2cn(-c3ccccc3)nc2-c2ccccc2)n1. The van der Waals surface area contributed by atoms with Crippen LogP contribution in [0, 0.1) is 6.92 Å². The summed E-state index contributed by atoms with van der Waals surface area (Å²) in [5.41, 5.74) is 3.82. The van der Waals surface area contributed by atoms with Crippen molar-refractivity contribution < 1.29 is 4.79 Å². The van der Waals surface area contributed by atoms with Gasteiger partial charge in [0.15, 0.2) is 5.13 Å². The number of carbonyl (C=O) groups is 1. The summed E-state index contributed by atoms with van der Waals surface area (Å²) < 4.78 is 1.73. The number of benzene rings is 2. The maximum absolute atomic E-state index is 12.9. The van der Waals surface area contributed by atoms with Crippen LogP contribution in [0.5, 0.6) is 0 Å². The van der Waals surface area contributed by atoms with Crippen molar-refractivity contribution in [1.29, 1.82) is 0 Å². The van der Waals surface area contributed by atoms with E-state index in [4.69, 9.17) is 0 Å². The van der Waals surface area contributed by atoms with Crippen LogP contribution in [-0.4, -0.2) is 20.7 Å². The number of nitrogens with zero attached hydrogens (tertiary/aromatic N) is 3. The summed E-state index contributed by atoms with van der Waals surface area (Å²) in [5.74, 6) is -0.222. The molecule has 0 radical (unpaired) electrons. The zero-order valence-electron chi connectivity index (χ0n) is 14.1. The second-order valence-corrected chi connectivity index (χ2v) is 6.64. The lowest BCUT2D eigenvalue weighted by atomic mass is 10.1. The Hall–Kier alpha value is -3.25. The minimum Gasteiger partial charge on any atom is -0.298 e. The van der Waals surface area contributed by atoms with Crippen molar-refractivity contribution in [2.75, 3.05) is 5.32 Å². The Morgan fingerprint density at radius 1 is 1.04 bits per heavy atom. The Morgan fingerprint density at radius 2 is 1.73 bits per heavy atom. The molecule has 0 atom stereocenters. The van der Waals surface area contributed by atoms with E-state index in [0.717, 1.165) is 16.9 Å². The Kier molecular flexibility index (Phi) is 4.33. The molecule has 2 aromatic carbocycles. The molecule has 0 aliphatic carbocycles. The van der Waals surface area contributed by atoms with E-state index in [0.29, 0.717) is 16.4 Å². The first-order valence-electron chi connectivity index (χ1n) is 8.15. The molecule has 0 bridgehead atoms. The van der Waals surface area contributed by atoms with Crippen LogP contribution in [-0.2, 0) is 0 Å². The third-order valence-electron chi connectivity index (χ3n) is 3.87. The first kappa shape index (κ1) is 16.2. The molecule has 0 aliphatic heterocycles. The molecule has 1 N–H and O–H groups in total. The summed E-state index contributed by atoms with van der Waals surface area (Å²) in [4.78, 5) is 17.2. The first-order chi connectivity index (χ1) is 12.7. The minimum atomic E-state index is -0.222. The van der Waals surface area contributed by atoms with Gasteiger partial charge in [0.1, 0.15) is 5.69 Å². The van der Waals surface area contributed by atoms with Gasteiger partial charge in [0.05, 0.1) is 16.9 Å². The van der Waals surface area contributed by atoms with Crippen molar-refractivity contribution in [3.63, 3.8) is 0 Å². The van der Waals surface area contributed by atoms with E-state index in [-0.39, 0.29) is 5.91 Å². The quantitative estimate of drug-likeness (QED) is 0.580. The second-order valence-electron chi connectivity index (χ2n) is 5.79. The summed E-state index contributed by atoms with van der Waals surface area (Å²) in [6, 6.07) is 19.4. The highest BCUT2D eigenvalue weighted by Gasteiger charge is 2.19. The third-order valence-corrected chi connectivity index (χ3v) is 4.74. The monoisotopic (exact) mass is 360 g/mol. The van der Waals surface area contributed by atoms with Crippen molar-refractivity contribution in [3.05, 3.63) is 83.5 Å². The van der Waals surface area contributed by atoms with Gasteiger partial charge < -0.3 is 0 Å². The highest BCUT2D eigenvalue weighted by molar-refractivity contribution is 7.13. The van der Waals surface area contributed by atoms with Crippen molar-refractivity contribution in [2.24, 2.45) is 0 Å².